The molecule has 20 heavy (non-hydrogen) atoms. The quantitative estimate of drug-likeness (QED) is 0.206. The summed E-state index contributed by atoms with van der Waals surface area (Å²) in [5, 5.41) is 9.59. The molecule has 3 fully saturated rings. The standard InChI is InChI=1S/C6H13FN2O.BF3.BF2.3FH/c7-8-1-4-9(10,5-2-8)6-3-8;2-1(3)4;2-1-3;;;/h10H,1-6H2;;;3*1H/q+2;;;;;/p-2. The molecule has 0 aliphatic carbocycles. The molecule has 0 aromatic carbocycles. The van der Waals surface area contributed by atoms with Crippen LogP contribution in [0.3, 0.4) is 0 Å². The van der Waals surface area contributed by atoms with Crippen LogP contribution in [0.25, 0.3) is 0 Å². The van der Waals surface area contributed by atoms with Crippen LogP contribution < -0.4 is 9.41 Å². The molecule has 1 N–H and O–H groups in total. The molecular weight excluding hydrogens is 309 g/mol. The summed E-state index contributed by atoms with van der Waals surface area (Å²) in [6.45, 7) is 3.27. The van der Waals surface area contributed by atoms with Gasteiger partial charge in [0, 0.05) is 0 Å². The van der Waals surface area contributed by atoms with Crippen LogP contribution in [0.4, 0.5) is 30.8 Å². The van der Waals surface area contributed by atoms with Crippen LogP contribution in [0, 0.1) is 0 Å². The SMILES string of the molecule is F.FB(F)F.F[B]F.O[N+]12CC[N+](F)(CC1)CC2.[F-].[F-]. The molecule has 3 nitrogen and oxygen atoms in total. The lowest BCUT2D eigenvalue weighted by atomic mass is 10.2. The average Bonchev–Trinajstić information content (AvgIpc) is 2.21. The average molecular weight is 323 g/mol. The Balaban J connectivity index is -0.000000112. The maximum absolute atomic E-state index is 13.3. The Hall–Kier alpha value is -0.620. The number of fused-ring (bicyclic) bond motifs is 3. The molecule has 3 aliphatic heterocycles. The fourth-order valence-electron chi connectivity index (χ4n) is 1.77. The van der Waals surface area contributed by atoms with E-state index < -0.39 is 15.4 Å². The Morgan fingerprint density at radius 3 is 1.20 bits per heavy atom. The van der Waals surface area contributed by atoms with E-state index >= 15 is 0 Å². The number of quaternary nitrogens is 2. The molecule has 14 heteroatoms. The summed E-state index contributed by atoms with van der Waals surface area (Å²) in [6.07, 6.45) is 0. The molecule has 0 atom stereocenters. The van der Waals surface area contributed by atoms with E-state index in [4.69, 9.17) is 0 Å². The van der Waals surface area contributed by atoms with Crippen molar-refractivity contribution in [3.8, 4) is 0 Å². The second-order valence-corrected chi connectivity index (χ2v) is 3.80. The van der Waals surface area contributed by atoms with E-state index in [9.17, 15) is 31.3 Å². The Morgan fingerprint density at radius 1 is 0.850 bits per heavy atom. The van der Waals surface area contributed by atoms with Gasteiger partial charge in [0.05, 0.1) is 0 Å². The summed E-state index contributed by atoms with van der Waals surface area (Å²) in [6, 6.07) is 0. The monoisotopic (exact) mass is 323 g/mol. The number of piperazine rings is 3. The highest BCUT2D eigenvalue weighted by Crippen LogP contribution is 2.24. The molecular formula is C6H14B2F9N2O. The zero-order chi connectivity index (χ0) is 13.5. The first-order valence-corrected chi connectivity index (χ1v) is 4.86. The van der Waals surface area contributed by atoms with Gasteiger partial charge in [-0.2, -0.15) is 4.65 Å². The van der Waals surface area contributed by atoms with Gasteiger partial charge < -0.3 is 9.41 Å². The lowest BCUT2D eigenvalue weighted by molar-refractivity contribution is -1.21. The first-order chi connectivity index (χ1) is 7.77. The van der Waals surface area contributed by atoms with Gasteiger partial charge in [0.1, 0.15) is 0 Å². The zero-order valence-corrected chi connectivity index (χ0v) is 10.2. The fraction of sp³-hybridized carbons (Fsp3) is 1.00. The fourth-order valence-corrected chi connectivity index (χ4v) is 1.77. The van der Waals surface area contributed by atoms with Gasteiger partial charge in [0.25, 0.3) is 0 Å². The maximum Gasteiger partial charge on any atom is 0.762 e. The van der Waals surface area contributed by atoms with Crippen molar-refractivity contribution in [2.24, 2.45) is 0 Å². The molecule has 0 spiro atoms. The predicted molar refractivity (Wildman–Crippen MR) is 52.2 cm³/mol. The number of rotatable bonds is 0. The summed E-state index contributed by atoms with van der Waals surface area (Å²) in [5.74, 6) is 0. The topological polar surface area (TPSA) is 20.2 Å². The number of nitrogens with zero attached hydrogens (tertiary/aromatic N) is 2. The summed E-state index contributed by atoms with van der Waals surface area (Å²) >= 11 is 0. The summed E-state index contributed by atoms with van der Waals surface area (Å²) in [4.78, 5) is 0. The van der Waals surface area contributed by atoms with Gasteiger partial charge >= 0.3 is 15.4 Å². The molecule has 3 aliphatic rings. The van der Waals surface area contributed by atoms with Crippen LogP contribution in [-0.4, -0.2) is 69.2 Å². The molecule has 0 amide bonds. The van der Waals surface area contributed by atoms with Gasteiger partial charge in [-0.1, -0.05) is 0 Å². The van der Waals surface area contributed by atoms with Gasteiger partial charge in [0.2, 0.25) is 0 Å². The second-order valence-electron chi connectivity index (χ2n) is 3.80. The minimum Gasteiger partial charge on any atom is -1.00 e. The van der Waals surface area contributed by atoms with Crippen molar-refractivity contribution in [1.29, 1.82) is 0 Å². The Labute approximate surface area is 110 Å². The molecule has 2 bridgehead atoms. The van der Waals surface area contributed by atoms with Gasteiger partial charge in [-0.05, 0) is 4.48 Å². The van der Waals surface area contributed by atoms with E-state index in [1.54, 1.807) is 0 Å². The van der Waals surface area contributed by atoms with Gasteiger partial charge in [-0.3, -0.25) is 26.3 Å². The third-order valence-corrected chi connectivity index (χ3v) is 2.75. The van der Waals surface area contributed by atoms with Crippen molar-refractivity contribution in [3.05, 3.63) is 0 Å². The van der Waals surface area contributed by atoms with E-state index in [2.05, 4.69) is 0 Å². The van der Waals surface area contributed by atoms with Crippen LogP contribution in [0.5, 0.6) is 0 Å². The largest absolute Gasteiger partial charge is 1.00 e. The molecule has 0 aromatic rings. The van der Waals surface area contributed by atoms with Crippen LogP contribution >= 0.6 is 0 Å². The first-order valence-electron chi connectivity index (χ1n) is 4.86. The Bertz CT molecular complexity index is 183. The Kier molecular flexibility index (Phi) is 16.8. The molecule has 0 unspecified atom stereocenters. The van der Waals surface area contributed by atoms with Crippen LogP contribution in [0.1, 0.15) is 0 Å². The lowest BCUT2D eigenvalue weighted by Gasteiger charge is -2.44. The lowest BCUT2D eigenvalue weighted by Crippen LogP contribution is -3.00. The third-order valence-electron chi connectivity index (χ3n) is 2.75. The molecule has 3 heterocycles. The normalized spacial score (nSPS) is 28.8. The smallest absolute Gasteiger partial charge is 0.762 e. The summed E-state index contributed by atoms with van der Waals surface area (Å²) in [7, 11) is -4.67. The first kappa shape index (κ1) is 27.7. The van der Waals surface area contributed by atoms with Crippen LogP contribution in [-0.2, 0) is 0 Å². The zero-order valence-electron chi connectivity index (χ0n) is 10.2. The molecule has 0 aromatic heterocycles. The van der Waals surface area contributed by atoms with Crippen molar-refractivity contribution in [1.82, 2.24) is 0 Å². The Morgan fingerprint density at radius 2 is 1.05 bits per heavy atom. The molecule has 0 saturated carbocycles. The van der Waals surface area contributed by atoms with Gasteiger partial charge in [-0.25, -0.2) is 5.21 Å². The summed E-state index contributed by atoms with van der Waals surface area (Å²) < 4.78 is 61.1. The number of hydrogen-bond acceptors (Lipinski definition) is 1. The number of hydrogen-bond donors (Lipinski definition) is 1. The minimum absolute atomic E-state index is 0. The van der Waals surface area contributed by atoms with E-state index in [-0.39, 0.29) is 23.5 Å². The van der Waals surface area contributed by atoms with E-state index in [1.165, 1.54) is 0 Å². The van der Waals surface area contributed by atoms with Gasteiger partial charge in [-0.15, -0.1) is 4.71 Å². The molecule has 3 rings (SSSR count). The predicted octanol–water partition coefficient (Wildman–Crippen LogP) is -4.58. The highest BCUT2D eigenvalue weighted by atomic mass is 19.4. The van der Waals surface area contributed by atoms with Crippen molar-refractivity contribution >= 4 is 15.4 Å². The van der Waals surface area contributed by atoms with Crippen LogP contribution in [0.15, 0.2) is 0 Å². The second kappa shape index (κ2) is 12.1. The van der Waals surface area contributed by atoms with Crippen LogP contribution in [0.2, 0.25) is 0 Å². The minimum atomic E-state index is -3.67. The van der Waals surface area contributed by atoms with Crippen molar-refractivity contribution in [2.45, 2.75) is 0 Å². The molecule has 1 radical (unpaired) electrons. The number of hydroxylamine groups is 3. The third kappa shape index (κ3) is 11.2. The van der Waals surface area contributed by atoms with E-state index in [0.29, 0.717) is 39.3 Å². The molecule has 3 saturated heterocycles. The maximum atomic E-state index is 13.3. The highest BCUT2D eigenvalue weighted by Gasteiger charge is 2.50. The number of halogens is 9. The van der Waals surface area contributed by atoms with Crippen molar-refractivity contribution < 1.29 is 54.7 Å². The van der Waals surface area contributed by atoms with E-state index in [0.717, 1.165) is 0 Å². The molecule has 123 valence electrons. The van der Waals surface area contributed by atoms with Crippen molar-refractivity contribution in [3.63, 3.8) is 0 Å². The van der Waals surface area contributed by atoms with E-state index in [1.807, 2.05) is 0 Å². The highest BCUT2D eigenvalue weighted by molar-refractivity contribution is 6.33. The van der Waals surface area contributed by atoms with Gasteiger partial charge in [0.15, 0.2) is 39.3 Å². The van der Waals surface area contributed by atoms with Crippen molar-refractivity contribution in [2.75, 3.05) is 39.3 Å². The summed E-state index contributed by atoms with van der Waals surface area (Å²) in [5.41, 5.74) is 0.